The highest BCUT2D eigenvalue weighted by Crippen LogP contribution is 2.28. The number of rotatable bonds is 6. The molecule has 0 saturated heterocycles. The number of aryl methyl sites for hydroxylation is 2. The van der Waals surface area contributed by atoms with Crippen LogP contribution in [0.1, 0.15) is 30.8 Å². The first-order chi connectivity index (χ1) is 15.5. The quantitative estimate of drug-likeness (QED) is 0.492. The van der Waals surface area contributed by atoms with Gasteiger partial charge in [-0.05, 0) is 56.7 Å². The van der Waals surface area contributed by atoms with Gasteiger partial charge in [-0.15, -0.1) is 0 Å². The van der Waals surface area contributed by atoms with Gasteiger partial charge >= 0.3 is 0 Å². The molecular weight excluding hydrogens is 404 g/mol. The number of methoxy groups -OCH3 is 1. The average molecular weight is 431 g/mol. The average Bonchev–Trinajstić information content (AvgIpc) is 3.06. The largest absolute Gasteiger partial charge is 0.497 e. The summed E-state index contributed by atoms with van der Waals surface area (Å²) in [5.74, 6) is 0.584. The Bertz CT molecular complexity index is 1320. The number of nitrogens with one attached hydrogen (secondary N) is 1. The predicted molar refractivity (Wildman–Crippen MR) is 126 cm³/mol. The van der Waals surface area contributed by atoms with Gasteiger partial charge in [0, 0.05) is 22.5 Å². The molecular formula is C25H26N4O3. The number of fused-ring (bicyclic) bond motifs is 1. The maximum absolute atomic E-state index is 13.3. The molecule has 32 heavy (non-hydrogen) atoms. The van der Waals surface area contributed by atoms with Crippen LogP contribution in [0, 0.1) is 13.8 Å². The molecule has 0 fully saturated rings. The molecule has 0 aliphatic carbocycles. The Balaban J connectivity index is 1.75. The topological polar surface area (TPSA) is 78.2 Å². The van der Waals surface area contributed by atoms with Crippen molar-refractivity contribution in [1.82, 2.24) is 14.3 Å². The van der Waals surface area contributed by atoms with E-state index >= 15 is 0 Å². The Hall–Kier alpha value is -3.87. The van der Waals surface area contributed by atoms with Crippen LogP contribution in [-0.2, 0) is 4.79 Å². The van der Waals surface area contributed by atoms with Crippen molar-refractivity contribution in [3.8, 4) is 11.4 Å². The summed E-state index contributed by atoms with van der Waals surface area (Å²) in [6.45, 7) is 5.77. The molecule has 164 valence electrons. The molecule has 2 aromatic carbocycles. The molecule has 0 bridgehead atoms. The Kier molecular flexibility index (Phi) is 5.81. The fourth-order valence-corrected chi connectivity index (χ4v) is 4.19. The molecule has 2 aromatic heterocycles. The van der Waals surface area contributed by atoms with Gasteiger partial charge in [-0.25, -0.2) is 0 Å². The lowest BCUT2D eigenvalue weighted by atomic mass is 10.1. The van der Waals surface area contributed by atoms with Gasteiger partial charge in [-0.1, -0.05) is 25.1 Å². The van der Waals surface area contributed by atoms with E-state index < -0.39 is 6.04 Å². The van der Waals surface area contributed by atoms with Crippen LogP contribution in [0.25, 0.3) is 16.5 Å². The lowest BCUT2D eigenvalue weighted by Crippen LogP contribution is -2.27. The van der Waals surface area contributed by atoms with Gasteiger partial charge in [-0.2, -0.15) is 9.78 Å². The van der Waals surface area contributed by atoms with Gasteiger partial charge in [0.25, 0.3) is 5.56 Å². The normalized spacial score (nSPS) is 12.0. The Labute approximate surface area is 186 Å². The minimum atomic E-state index is -0.464. The van der Waals surface area contributed by atoms with Crippen LogP contribution in [-0.4, -0.2) is 27.4 Å². The lowest BCUT2D eigenvalue weighted by molar-refractivity contribution is -0.119. The molecule has 1 N–H and O–H groups in total. The zero-order valence-corrected chi connectivity index (χ0v) is 18.6. The van der Waals surface area contributed by atoms with Crippen LogP contribution >= 0.6 is 0 Å². The smallest absolute Gasteiger partial charge is 0.281 e. The minimum absolute atomic E-state index is 0.138. The van der Waals surface area contributed by atoms with E-state index in [2.05, 4.69) is 10.4 Å². The van der Waals surface area contributed by atoms with Crippen molar-refractivity contribution in [3.05, 3.63) is 82.5 Å². The highest BCUT2D eigenvalue weighted by Gasteiger charge is 2.25. The molecule has 0 aliphatic heterocycles. The van der Waals surface area contributed by atoms with E-state index in [1.807, 2.05) is 55.7 Å². The van der Waals surface area contributed by atoms with Crippen LogP contribution in [0.2, 0.25) is 0 Å². The Morgan fingerprint density at radius 1 is 1.06 bits per heavy atom. The first-order valence-electron chi connectivity index (χ1n) is 10.6. The van der Waals surface area contributed by atoms with Gasteiger partial charge in [0.05, 0.1) is 24.4 Å². The third kappa shape index (κ3) is 3.66. The molecule has 0 radical (unpaired) electrons. The first kappa shape index (κ1) is 21.4. The summed E-state index contributed by atoms with van der Waals surface area (Å²) >= 11 is 0. The number of nitrogens with zero attached hydrogens (tertiary/aromatic N) is 3. The number of ether oxygens (including phenoxy) is 1. The second-order valence-corrected chi connectivity index (χ2v) is 7.67. The summed E-state index contributed by atoms with van der Waals surface area (Å²) in [4.78, 5) is 26.5. The Morgan fingerprint density at radius 3 is 2.38 bits per heavy atom. The molecule has 2 heterocycles. The van der Waals surface area contributed by atoms with Crippen molar-refractivity contribution in [2.45, 2.75) is 33.2 Å². The molecule has 7 nitrogen and oxygen atoms in total. The van der Waals surface area contributed by atoms with Crippen LogP contribution in [0.3, 0.4) is 0 Å². The summed E-state index contributed by atoms with van der Waals surface area (Å²) in [6, 6.07) is 16.1. The van der Waals surface area contributed by atoms with Crippen molar-refractivity contribution in [2.75, 3.05) is 12.4 Å². The number of carbonyl (C=O) groups is 1. The lowest BCUT2D eigenvalue weighted by Gasteiger charge is -2.21. The van der Waals surface area contributed by atoms with Gasteiger partial charge in [0.2, 0.25) is 5.91 Å². The summed E-state index contributed by atoms with van der Waals surface area (Å²) in [5, 5.41) is 8.70. The van der Waals surface area contributed by atoms with Crippen molar-refractivity contribution < 1.29 is 9.53 Å². The SMILES string of the molecule is CCC(C(=O)Nc1ccc(OC)cc1)n1c(C)c2cnn(-c3ccccc3)c(=O)c2c1C. The van der Waals surface area contributed by atoms with Crippen molar-refractivity contribution in [1.29, 1.82) is 0 Å². The summed E-state index contributed by atoms with van der Waals surface area (Å²) in [7, 11) is 1.60. The van der Waals surface area contributed by atoms with Gasteiger partial charge < -0.3 is 14.6 Å². The molecule has 0 aliphatic rings. The van der Waals surface area contributed by atoms with E-state index in [-0.39, 0.29) is 11.5 Å². The summed E-state index contributed by atoms with van der Waals surface area (Å²) in [5.41, 5.74) is 2.80. The number of para-hydroxylation sites is 1. The molecule has 0 saturated carbocycles. The molecule has 1 unspecified atom stereocenters. The third-order valence-corrected chi connectivity index (χ3v) is 5.81. The van der Waals surface area contributed by atoms with Crippen LogP contribution in [0.15, 0.2) is 65.6 Å². The maximum Gasteiger partial charge on any atom is 0.281 e. The number of benzene rings is 2. The zero-order chi connectivity index (χ0) is 22.8. The summed E-state index contributed by atoms with van der Waals surface area (Å²) < 4.78 is 8.52. The van der Waals surface area contributed by atoms with E-state index in [1.165, 1.54) is 4.68 Å². The monoisotopic (exact) mass is 430 g/mol. The second-order valence-electron chi connectivity index (χ2n) is 7.67. The number of hydrogen-bond acceptors (Lipinski definition) is 4. The van der Waals surface area contributed by atoms with Gasteiger partial charge in [-0.3, -0.25) is 9.59 Å². The molecule has 4 aromatic rings. The fraction of sp³-hybridized carbons (Fsp3) is 0.240. The van der Waals surface area contributed by atoms with Crippen LogP contribution < -0.4 is 15.6 Å². The third-order valence-electron chi connectivity index (χ3n) is 5.81. The van der Waals surface area contributed by atoms with Crippen molar-refractivity contribution in [2.24, 2.45) is 0 Å². The number of aromatic nitrogens is 3. The molecule has 7 heteroatoms. The molecule has 1 atom stereocenters. The summed E-state index contributed by atoms with van der Waals surface area (Å²) in [6.07, 6.45) is 2.28. The van der Waals surface area contributed by atoms with E-state index in [0.717, 1.165) is 22.5 Å². The highest BCUT2D eigenvalue weighted by atomic mass is 16.5. The molecule has 4 rings (SSSR count). The van der Waals surface area contributed by atoms with E-state index in [9.17, 15) is 9.59 Å². The van der Waals surface area contributed by atoms with Gasteiger partial charge in [0.15, 0.2) is 0 Å². The molecule has 0 spiro atoms. The second kappa shape index (κ2) is 8.70. The standard InChI is InChI=1S/C25H26N4O3/c1-5-22(24(30)27-18-11-13-20(32-4)14-12-18)28-16(2)21-15-26-29(19-9-7-6-8-10-19)25(31)23(21)17(28)3/h6-15,22H,5H2,1-4H3,(H,27,30). The number of amides is 1. The minimum Gasteiger partial charge on any atom is -0.497 e. The van der Waals surface area contributed by atoms with Crippen LogP contribution in [0.5, 0.6) is 5.75 Å². The fourth-order valence-electron chi connectivity index (χ4n) is 4.19. The van der Waals surface area contributed by atoms with Crippen molar-refractivity contribution in [3.63, 3.8) is 0 Å². The number of carbonyl (C=O) groups excluding carboxylic acids is 1. The van der Waals surface area contributed by atoms with Gasteiger partial charge in [0.1, 0.15) is 11.8 Å². The number of hydrogen-bond donors (Lipinski definition) is 1. The van der Waals surface area contributed by atoms with E-state index in [1.54, 1.807) is 37.6 Å². The van der Waals surface area contributed by atoms with E-state index in [4.69, 9.17) is 4.74 Å². The number of anilines is 1. The Morgan fingerprint density at radius 2 is 1.75 bits per heavy atom. The van der Waals surface area contributed by atoms with E-state index in [0.29, 0.717) is 23.2 Å². The zero-order valence-electron chi connectivity index (χ0n) is 18.6. The highest BCUT2D eigenvalue weighted by molar-refractivity contribution is 5.95. The van der Waals surface area contributed by atoms with Crippen LogP contribution in [0.4, 0.5) is 5.69 Å². The van der Waals surface area contributed by atoms with Crippen molar-refractivity contribution >= 4 is 22.4 Å². The molecule has 1 amide bonds. The predicted octanol–water partition coefficient (Wildman–Crippen LogP) is 4.40. The first-order valence-corrected chi connectivity index (χ1v) is 10.6. The maximum atomic E-state index is 13.3.